The Morgan fingerprint density at radius 1 is 0.404 bits per heavy atom. The Kier molecular flexibility index (Phi) is 15.5. The molecule has 8 aromatic heterocycles. The van der Waals surface area contributed by atoms with Gasteiger partial charge in [0.15, 0.2) is 11.0 Å². The van der Waals surface area contributed by atoms with Crippen LogP contribution in [-0.4, -0.2) is 51.7 Å². The molecule has 0 aliphatic rings. The second kappa shape index (κ2) is 24.8. The van der Waals surface area contributed by atoms with Gasteiger partial charge in [-0.05, 0) is 109 Å². The van der Waals surface area contributed by atoms with Crippen molar-refractivity contribution < 1.29 is 50.4 Å². The maximum absolute atomic E-state index is 10.7. The van der Waals surface area contributed by atoms with Crippen LogP contribution in [0.5, 0.6) is 23.0 Å². The van der Waals surface area contributed by atoms with Crippen LogP contribution in [0.3, 0.4) is 0 Å². The van der Waals surface area contributed by atoms with Crippen LogP contribution in [0, 0.1) is 0 Å². The van der Waals surface area contributed by atoms with Gasteiger partial charge in [-0.2, -0.15) is 30.7 Å². The predicted molar refractivity (Wildman–Crippen MR) is 393 cm³/mol. The second-order valence-electron chi connectivity index (χ2n) is 23.2. The first-order valence-electron chi connectivity index (χ1n) is 31.0. The number of nitrogens with zero attached hydrogens (tertiary/aromatic N) is 8. The number of pyridine rings is 2. The summed E-state index contributed by atoms with van der Waals surface area (Å²) in [6, 6.07) is 92.7. The van der Waals surface area contributed by atoms with Gasteiger partial charge in [0.2, 0.25) is 0 Å². The Hall–Kier alpha value is -12.1. The van der Waals surface area contributed by atoms with E-state index in [0.717, 1.165) is 161 Å². The fraction of sp³-hybridized carbons (Fsp3) is 0.0127. The number of aromatic nitrogens is 8. The average molecular weight is 1440 g/mol. The molecule has 0 aliphatic heterocycles. The van der Waals surface area contributed by atoms with E-state index in [4.69, 9.17) is 41.2 Å². The molecule has 0 saturated heterocycles. The highest BCUT2D eigenvalue weighted by atomic mass is 127. The van der Waals surface area contributed by atoms with Gasteiger partial charge in [0.25, 0.3) is 6.33 Å². The maximum Gasteiger partial charge on any atom is 0.522 e. The highest BCUT2D eigenvalue weighted by Crippen LogP contribution is 2.40. The molecule has 0 bridgehead atoms. The number of para-hydroxylation sites is 9. The molecule has 19 aromatic rings. The zero-order valence-corrected chi connectivity index (χ0v) is 54.9. The quantitative estimate of drug-likeness (QED) is 0.0637. The zero-order chi connectivity index (χ0) is 66.2. The van der Waals surface area contributed by atoms with Gasteiger partial charge in [0.05, 0.1) is 38.8 Å². The first kappa shape index (κ1) is 61.7. The second-order valence-corrected chi connectivity index (χ2v) is 24.7. The summed E-state index contributed by atoms with van der Waals surface area (Å²) in [7, 11) is -5.84. The lowest BCUT2D eigenvalue weighted by atomic mass is 10.1. The van der Waals surface area contributed by atoms with Crippen LogP contribution in [0.2, 0.25) is 0 Å². The molecule has 0 spiro atoms. The Bertz CT molecular complexity index is 6470. The van der Waals surface area contributed by atoms with Crippen molar-refractivity contribution in [2.45, 2.75) is 5.51 Å². The lowest BCUT2D eigenvalue weighted by molar-refractivity contribution is -0.567. The van der Waals surface area contributed by atoms with E-state index < -0.39 is 15.6 Å². The minimum Gasteiger partial charge on any atom is -0.457 e. The molecule has 0 aliphatic carbocycles. The molecule has 8 heterocycles. The first-order chi connectivity index (χ1) is 47.8. The average Bonchev–Trinajstić information content (AvgIpc) is 1.59. The van der Waals surface area contributed by atoms with Crippen molar-refractivity contribution in [3.8, 4) is 51.7 Å². The number of alkyl halides is 3. The molecular formula is C79H53F3IN8O7S+. The minimum atomic E-state index is -5.84. The van der Waals surface area contributed by atoms with E-state index in [1.165, 1.54) is 0 Å². The van der Waals surface area contributed by atoms with E-state index in [0.29, 0.717) is 0 Å². The Morgan fingerprint density at radius 3 is 1.37 bits per heavy atom. The van der Waals surface area contributed by atoms with Crippen molar-refractivity contribution in [3.05, 3.63) is 298 Å². The molecule has 0 radical (unpaired) electrons. The van der Waals surface area contributed by atoms with Crippen LogP contribution in [-0.2, 0) is 10.1 Å². The molecule has 0 fully saturated rings. The van der Waals surface area contributed by atoms with Crippen molar-refractivity contribution >= 4 is 144 Å². The number of furan rings is 2. The standard InChI is InChI=1S/C42H27N4O2.C36H22N4O2.CHF3O3S.HI.H2/c1-2-11-28(12-3-1)44-27-45(38-19-8-7-18-37(38)44)29-13-10-14-30(23-29)47-31-21-22-33-32-15-4-6-17-36(32)46(39(33)24-31)42-25-41-35(26-43-42)34-16-5-9-20-40(34)48-41;1-4-13-31-26(10-1)27-17-16-25(41-24-9-7-8-23(18-24)39-22-38-30-12-3-5-14-32(30)39)19-33(27)40(31)36-20-35-29(21-37-36)28-11-2-6-15-34(28)42-35;2-1(3,4)8(5,6)7;;/h1-27H;1-22H;(H,5,6,7);2*1H/q+1;;;;/i;;;;1+1. The van der Waals surface area contributed by atoms with Gasteiger partial charge >= 0.3 is 15.6 Å². The van der Waals surface area contributed by atoms with E-state index in [-0.39, 0.29) is 25.4 Å². The van der Waals surface area contributed by atoms with Gasteiger partial charge in [0, 0.05) is 93.3 Å². The molecule has 484 valence electrons. The van der Waals surface area contributed by atoms with Crippen molar-refractivity contribution in [1.82, 2.24) is 33.2 Å². The number of hydrogen-bond acceptors (Lipinski definition) is 9. The zero-order valence-electron chi connectivity index (χ0n) is 51.7. The van der Waals surface area contributed by atoms with E-state index in [9.17, 15) is 13.2 Å². The van der Waals surface area contributed by atoms with Crippen LogP contribution < -0.4 is 14.0 Å². The number of ether oxygens (including phenoxy) is 2. The van der Waals surface area contributed by atoms with Gasteiger partial charge in [0.1, 0.15) is 74.7 Å². The molecule has 19 rings (SSSR count). The third-order valence-corrected chi connectivity index (χ3v) is 17.9. The monoisotopic (exact) mass is 1440 g/mol. The number of imidazole rings is 2. The normalized spacial score (nSPS) is 11.8. The van der Waals surface area contributed by atoms with Crippen LogP contribution >= 0.6 is 24.0 Å². The largest absolute Gasteiger partial charge is 0.522 e. The van der Waals surface area contributed by atoms with Gasteiger partial charge in [-0.25, -0.2) is 15.0 Å². The van der Waals surface area contributed by atoms with E-state index in [1.807, 2.05) is 134 Å². The van der Waals surface area contributed by atoms with Crippen LogP contribution in [0.1, 0.15) is 1.43 Å². The summed E-state index contributed by atoms with van der Waals surface area (Å²) >= 11 is 0. The Morgan fingerprint density at radius 2 is 0.838 bits per heavy atom. The molecule has 0 unspecified atom stereocenters. The summed E-state index contributed by atoms with van der Waals surface area (Å²) in [5, 5.41) is 8.70. The van der Waals surface area contributed by atoms with Crippen LogP contribution in [0.4, 0.5) is 13.2 Å². The van der Waals surface area contributed by atoms with Crippen molar-refractivity contribution in [3.63, 3.8) is 0 Å². The first-order valence-corrected chi connectivity index (χ1v) is 32.5. The molecule has 0 amide bonds. The number of rotatable bonds is 9. The third kappa shape index (κ3) is 11.2. The molecule has 20 heteroatoms. The minimum absolute atomic E-state index is 0. The topological polar surface area (TPSA) is 161 Å². The lowest BCUT2D eigenvalue weighted by Gasteiger charge is -2.11. The highest BCUT2D eigenvalue weighted by molar-refractivity contribution is 14.0. The molecule has 11 aromatic carbocycles. The number of benzene rings is 11. The van der Waals surface area contributed by atoms with Gasteiger partial charge in [-0.3, -0.25) is 18.3 Å². The molecule has 0 atom stereocenters. The van der Waals surface area contributed by atoms with Crippen LogP contribution in [0.15, 0.2) is 307 Å². The summed E-state index contributed by atoms with van der Waals surface area (Å²) in [6.45, 7) is 0. The fourth-order valence-corrected chi connectivity index (χ4v) is 12.9. The molecule has 1 N–H and O–H groups in total. The Labute approximate surface area is 578 Å². The molecule has 15 nitrogen and oxygen atoms in total. The third-order valence-electron chi connectivity index (χ3n) is 17.3. The summed E-state index contributed by atoms with van der Waals surface area (Å²) in [6.07, 6.45) is 7.80. The number of hydrogen-bond donors (Lipinski definition) is 1. The predicted octanol–water partition coefficient (Wildman–Crippen LogP) is 20.6. The molecular weight excluding hydrogens is 1390 g/mol. The lowest BCUT2D eigenvalue weighted by Crippen LogP contribution is -2.28. The molecule has 0 saturated carbocycles. The smallest absolute Gasteiger partial charge is 0.457 e. The van der Waals surface area contributed by atoms with E-state index >= 15 is 0 Å². The summed E-state index contributed by atoms with van der Waals surface area (Å²) in [5.74, 6) is 4.56. The van der Waals surface area contributed by atoms with Gasteiger partial charge in [-0.15, -0.1) is 24.0 Å². The summed E-state index contributed by atoms with van der Waals surface area (Å²) < 4.78 is 93.9. The molecule has 99 heavy (non-hydrogen) atoms. The highest BCUT2D eigenvalue weighted by Gasteiger charge is 2.44. The van der Waals surface area contributed by atoms with Gasteiger partial charge < -0.3 is 18.3 Å². The van der Waals surface area contributed by atoms with Crippen LogP contribution in [0.25, 0.3) is 138 Å². The van der Waals surface area contributed by atoms with E-state index in [1.54, 1.807) is 0 Å². The summed E-state index contributed by atoms with van der Waals surface area (Å²) in [5.41, 5.74) is 9.30. The van der Waals surface area contributed by atoms with Crippen molar-refractivity contribution in [2.24, 2.45) is 0 Å². The summed E-state index contributed by atoms with van der Waals surface area (Å²) in [4.78, 5) is 14.4. The van der Waals surface area contributed by atoms with Crippen molar-refractivity contribution in [1.29, 1.82) is 0 Å². The van der Waals surface area contributed by atoms with Gasteiger partial charge in [-0.1, -0.05) is 127 Å². The van der Waals surface area contributed by atoms with E-state index in [2.05, 4.69) is 192 Å². The number of fused-ring (bicyclic) bond motifs is 14. The SMILES string of the molecule is I.O=S(=O)(O)C(F)(F)F.[2HH].c1cc(Oc2ccc3c4ccccc4n(-c4cc5oc6ccccc6c5cn4)c3c2)cc(-n2cnc3ccccc32)c1.c1ccc(-[n+]2cn(-c3cccc(Oc4ccc5c6ccccc6n(-c6cc7oc8ccccc8c7cn6)c5c4)c3)c3ccccc32)cc1. The number of halogens is 4. The fourth-order valence-electron chi connectivity index (χ4n) is 12.9. The Balaban J connectivity index is 0.000000145. The van der Waals surface area contributed by atoms with Crippen molar-refractivity contribution in [2.75, 3.05) is 0 Å². The maximum atomic E-state index is 10.7.